The minimum absolute atomic E-state index is 0. The van der Waals surface area contributed by atoms with Crippen molar-refractivity contribution in [1.29, 1.82) is 0 Å². The standard InChI is InChI=1S/C6H5.CH3.Cu/c1-2-4-6-5-3-1;;/h1-5H;1H3;/q2*-1;+2. The van der Waals surface area contributed by atoms with Gasteiger partial charge in [0.2, 0.25) is 0 Å². The maximum atomic E-state index is 2.89. The zero-order chi connectivity index (χ0) is 4.24. The average molecular weight is 156 g/mol. The van der Waals surface area contributed by atoms with E-state index in [4.69, 9.17) is 0 Å². The summed E-state index contributed by atoms with van der Waals surface area (Å²) in [6.45, 7) is 0. The Balaban J connectivity index is 0. The SMILES string of the molecule is [CH3-].[Cu+2].[c-]1ccccc1. The van der Waals surface area contributed by atoms with E-state index in [0.29, 0.717) is 0 Å². The number of hydrogen-bond donors (Lipinski definition) is 0. The molecule has 0 saturated heterocycles. The fourth-order valence-electron chi connectivity index (χ4n) is 0.342. The molecule has 1 aromatic carbocycles. The van der Waals surface area contributed by atoms with E-state index >= 15 is 0 Å². The Kier molecular flexibility index (Phi) is 8.99. The predicted octanol–water partition coefficient (Wildman–Crippen LogP) is 1.93. The molecule has 0 aliphatic carbocycles. The van der Waals surface area contributed by atoms with Gasteiger partial charge >= 0.3 is 17.1 Å². The summed E-state index contributed by atoms with van der Waals surface area (Å²) in [6.07, 6.45) is 0. The summed E-state index contributed by atoms with van der Waals surface area (Å²) in [5.41, 5.74) is 0. The van der Waals surface area contributed by atoms with Crippen molar-refractivity contribution in [2.24, 2.45) is 0 Å². The molecule has 0 aromatic heterocycles. The zero-order valence-electron chi connectivity index (χ0n) is 4.69. The van der Waals surface area contributed by atoms with Crippen molar-refractivity contribution in [3.05, 3.63) is 43.8 Å². The van der Waals surface area contributed by atoms with Gasteiger partial charge in [0, 0.05) is 0 Å². The number of benzene rings is 1. The van der Waals surface area contributed by atoms with Gasteiger partial charge in [-0.2, -0.15) is 36.4 Å². The van der Waals surface area contributed by atoms with E-state index in [1.807, 2.05) is 30.3 Å². The first-order chi connectivity index (χ1) is 3.00. The van der Waals surface area contributed by atoms with Crippen molar-refractivity contribution >= 4 is 0 Å². The molecule has 1 radical (unpaired) electrons. The first kappa shape index (κ1) is 10.7. The van der Waals surface area contributed by atoms with Crippen LogP contribution in [0.1, 0.15) is 0 Å². The van der Waals surface area contributed by atoms with Crippen molar-refractivity contribution in [3.8, 4) is 0 Å². The van der Waals surface area contributed by atoms with Gasteiger partial charge in [-0.3, -0.25) is 0 Å². The second-order valence-corrected chi connectivity index (χ2v) is 1.08. The molecule has 0 N–H and O–H groups in total. The Labute approximate surface area is 61.4 Å². The van der Waals surface area contributed by atoms with Crippen LogP contribution in [-0.4, -0.2) is 0 Å². The zero-order valence-corrected chi connectivity index (χ0v) is 5.63. The maximum Gasteiger partial charge on any atom is 2.00 e. The quantitative estimate of drug-likeness (QED) is 0.397. The van der Waals surface area contributed by atoms with Gasteiger partial charge in [0.1, 0.15) is 0 Å². The molecule has 0 unspecified atom stereocenters. The molecule has 0 bridgehead atoms. The van der Waals surface area contributed by atoms with Gasteiger partial charge in [0.25, 0.3) is 0 Å². The van der Waals surface area contributed by atoms with Gasteiger partial charge in [-0.05, 0) is 0 Å². The molecule has 0 nitrogen and oxygen atoms in total. The van der Waals surface area contributed by atoms with Crippen molar-refractivity contribution in [2.75, 3.05) is 0 Å². The molecule has 0 aliphatic rings. The van der Waals surface area contributed by atoms with E-state index in [2.05, 4.69) is 6.07 Å². The van der Waals surface area contributed by atoms with E-state index in [1.165, 1.54) is 0 Å². The first-order valence-corrected chi connectivity index (χ1v) is 1.91. The molecular weight excluding hydrogens is 148 g/mol. The van der Waals surface area contributed by atoms with E-state index in [1.54, 1.807) is 0 Å². The molecule has 0 heterocycles. The van der Waals surface area contributed by atoms with E-state index in [9.17, 15) is 0 Å². The smallest absolute Gasteiger partial charge is 0.358 e. The van der Waals surface area contributed by atoms with E-state index in [0.717, 1.165) is 0 Å². The van der Waals surface area contributed by atoms with Gasteiger partial charge in [-0.25, -0.2) is 0 Å². The molecule has 1 rings (SSSR count). The first-order valence-electron chi connectivity index (χ1n) is 1.91. The summed E-state index contributed by atoms with van der Waals surface area (Å²) >= 11 is 0. The molecule has 0 saturated carbocycles. The van der Waals surface area contributed by atoms with Gasteiger partial charge in [0.05, 0.1) is 0 Å². The molecular formula is C7H8Cu. The van der Waals surface area contributed by atoms with Crippen LogP contribution < -0.4 is 0 Å². The van der Waals surface area contributed by atoms with Gasteiger partial charge in [-0.1, -0.05) is 0 Å². The van der Waals surface area contributed by atoms with Crippen LogP contribution >= 0.6 is 0 Å². The molecule has 47 valence electrons. The largest absolute Gasteiger partial charge is 2.00 e. The summed E-state index contributed by atoms with van der Waals surface area (Å²) in [5, 5.41) is 0. The van der Waals surface area contributed by atoms with Crippen LogP contribution in [0.25, 0.3) is 0 Å². The van der Waals surface area contributed by atoms with Crippen molar-refractivity contribution in [3.63, 3.8) is 0 Å². The average Bonchev–Trinajstić information content (AvgIpc) is 1.72. The second-order valence-electron chi connectivity index (χ2n) is 1.08. The Morgan fingerprint density at radius 2 is 1.38 bits per heavy atom. The molecule has 0 aliphatic heterocycles. The van der Waals surface area contributed by atoms with Gasteiger partial charge in [0.15, 0.2) is 0 Å². The molecule has 1 aromatic rings. The van der Waals surface area contributed by atoms with E-state index < -0.39 is 0 Å². The predicted molar refractivity (Wildman–Crippen MR) is 31.7 cm³/mol. The van der Waals surface area contributed by atoms with Crippen LogP contribution in [0.4, 0.5) is 0 Å². The van der Waals surface area contributed by atoms with Crippen LogP contribution in [0.15, 0.2) is 30.3 Å². The third-order valence-corrected chi connectivity index (χ3v) is 0.607. The second kappa shape index (κ2) is 6.74. The third kappa shape index (κ3) is 3.91. The monoisotopic (exact) mass is 155 g/mol. The maximum absolute atomic E-state index is 2.89. The number of hydrogen-bond acceptors (Lipinski definition) is 0. The molecule has 0 fully saturated rings. The molecule has 8 heavy (non-hydrogen) atoms. The Bertz CT molecular complexity index is 76.3. The van der Waals surface area contributed by atoms with Crippen molar-refractivity contribution in [1.82, 2.24) is 0 Å². The summed E-state index contributed by atoms with van der Waals surface area (Å²) in [5.74, 6) is 0. The summed E-state index contributed by atoms with van der Waals surface area (Å²) < 4.78 is 0. The third-order valence-electron chi connectivity index (χ3n) is 0.607. The summed E-state index contributed by atoms with van der Waals surface area (Å²) in [7, 11) is 0. The Morgan fingerprint density at radius 1 is 0.875 bits per heavy atom. The van der Waals surface area contributed by atoms with Gasteiger partial charge in [-0.15, -0.1) is 0 Å². The van der Waals surface area contributed by atoms with Crippen molar-refractivity contribution in [2.45, 2.75) is 0 Å². The van der Waals surface area contributed by atoms with Crippen LogP contribution in [0, 0.1) is 13.5 Å². The van der Waals surface area contributed by atoms with Crippen LogP contribution in [0.2, 0.25) is 0 Å². The Hall–Kier alpha value is -0.261. The van der Waals surface area contributed by atoms with Gasteiger partial charge < -0.3 is 7.43 Å². The minimum atomic E-state index is 0. The van der Waals surface area contributed by atoms with Crippen LogP contribution in [0.5, 0.6) is 0 Å². The fraction of sp³-hybridized carbons (Fsp3) is 0. The molecule has 0 amide bonds. The molecule has 0 atom stereocenters. The minimum Gasteiger partial charge on any atom is -0.358 e. The fourth-order valence-corrected chi connectivity index (χ4v) is 0.342. The van der Waals surface area contributed by atoms with Crippen LogP contribution in [0.3, 0.4) is 0 Å². The van der Waals surface area contributed by atoms with Crippen molar-refractivity contribution < 1.29 is 17.1 Å². The topological polar surface area (TPSA) is 0 Å². The van der Waals surface area contributed by atoms with Crippen LogP contribution in [-0.2, 0) is 17.1 Å². The molecule has 0 spiro atoms. The summed E-state index contributed by atoms with van der Waals surface area (Å²) in [4.78, 5) is 0. The summed E-state index contributed by atoms with van der Waals surface area (Å²) in [6, 6.07) is 12.5. The Morgan fingerprint density at radius 3 is 1.50 bits per heavy atom. The normalized spacial score (nSPS) is 6.00. The molecule has 1 heteroatoms. The van der Waals surface area contributed by atoms with E-state index in [-0.39, 0.29) is 24.5 Å². The number of rotatable bonds is 0.